The zero-order valence-corrected chi connectivity index (χ0v) is 15.5. The molecule has 0 saturated heterocycles. The summed E-state index contributed by atoms with van der Waals surface area (Å²) in [5, 5.41) is 29.0. The Kier molecular flexibility index (Phi) is 12.4. The predicted molar refractivity (Wildman–Crippen MR) is 94.3 cm³/mol. The van der Waals surface area contributed by atoms with E-state index >= 15 is 0 Å². The van der Waals surface area contributed by atoms with Gasteiger partial charge in [-0.2, -0.15) is 0 Å². The Hall–Kier alpha value is -2.49. The average molecular weight is 386 g/mol. The van der Waals surface area contributed by atoms with Crippen molar-refractivity contribution in [3.8, 4) is 0 Å². The van der Waals surface area contributed by atoms with Gasteiger partial charge in [-0.1, -0.05) is 18.2 Å². The average Bonchev–Trinajstić information content (AvgIpc) is 2.62. The van der Waals surface area contributed by atoms with Gasteiger partial charge in [0, 0.05) is 18.2 Å². The normalized spacial score (nSPS) is 16.2. The van der Waals surface area contributed by atoms with E-state index in [9.17, 15) is 24.6 Å². The molecule has 4 atom stereocenters. The molecule has 0 fully saturated rings. The van der Waals surface area contributed by atoms with Crippen LogP contribution in [0.15, 0.2) is 36.5 Å². The molecular weight excluding hydrogens is 360 g/mol. The molecule has 0 unspecified atom stereocenters. The van der Waals surface area contributed by atoms with Crippen molar-refractivity contribution in [2.45, 2.75) is 45.2 Å². The number of ether oxygens (including phenoxy) is 3. The topological polar surface area (TPSA) is 140 Å². The Labute approximate surface area is 157 Å². The minimum absolute atomic E-state index is 0.560. The maximum absolute atomic E-state index is 11.8. The molecule has 0 aliphatic carbocycles. The van der Waals surface area contributed by atoms with Crippen molar-refractivity contribution in [1.82, 2.24) is 0 Å². The number of hydrogen-bond acceptors (Lipinski definition) is 9. The lowest BCUT2D eigenvalue weighted by molar-refractivity contribution is -0.187. The van der Waals surface area contributed by atoms with Crippen molar-refractivity contribution in [2.24, 2.45) is 0 Å². The molecule has 0 aliphatic rings. The van der Waals surface area contributed by atoms with Gasteiger partial charge in [0.1, 0.15) is 18.8 Å². The van der Waals surface area contributed by atoms with Gasteiger partial charge in [-0.25, -0.2) is 14.4 Å². The highest BCUT2D eigenvalue weighted by molar-refractivity contribution is 5.83. The summed E-state index contributed by atoms with van der Waals surface area (Å²) in [7, 11) is 0. The number of aliphatic hydroxyl groups excluding tert-OH is 3. The Morgan fingerprint density at radius 1 is 0.852 bits per heavy atom. The smallest absolute Gasteiger partial charge is 0.330 e. The van der Waals surface area contributed by atoms with E-state index in [1.807, 2.05) is 0 Å². The summed E-state index contributed by atoms with van der Waals surface area (Å²) in [5.74, 6) is -2.48. The lowest BCUT2D eigenvalue weighted by Crippen LogP contribution is -2.51. The third-order valence-corrected chi connectivity index (χ3v) is 3.10. The standard InChI is InChI=1S/C18H26O9/c1-4-7-14(21)25-11-13(26-15(22)8-5-2)18(17(24)12(20)10-19)27-16(23)9-6-3/h4-9,12-13,17-20,24H,10-11H2,1-3H3/t12-,13+,17-,18-/m1/s1. The van der Waals surface area contributed by atoms with Crippen LogP contribution in [0.4, 0.5) is 0 Å². The van der Waals surface area contributed by atoms with Gasteiger partial charge in [0.05, 0.1) is 6.61 Å². The highest BCUT2D eigenvalue weighted by Gasteiger charge is 2.38. The predicted octanol–water partition coefficient (Wildman–Crippen LogP) is -0.204. The van der Waals surface area contributed by atoms with Crippen LogP contribution in [0.2, 0.25) is 0 Å². The van der Waals surface area contributed by atoms with Crippen LogP contribution in [-0.2, 0) is 28.6 Å². The second-order valence-electron chi connectivity index (χ2n) is 5.25. The first-order chi connectivity index (χ1) is 12.8. The summed E-state index contributed by atoms with van der Waals surface area (Å²) in [4.78, 5) is 35.1. The van der Waals surface area contributed by atoms with Crippen molar-refractivity contribution in [3.63, 3.8) is 0 Å². The fourth-order valence-electron chi connectivity index (χ4n) is 1.87. The van der Waals surface area contributed by atoms with Gasteiger partial charge in [0.15, 0.2) is 12.2 Å². The minimum atomic E-state index is -1.81. The molecule has 0 amide bonds. The van der Waals surface area contributed by atoms with Gasteiger partial charge in [-0.05, 0) is 20.8 Å². The van der Waals surface area contributed by atoms with Gasteiger partial charge in [-0.3, -0.25) is 0 Å². The Balaban J connectivity index is 5.62. The summed E-state index contributed by atoms with van der Waals surface area (Å²) in [5.41, 5.74) is 0. The molecule has 0 saturated carbocycles. The number of carbonyl (C=O) groups is 3. The van der Waals surface area contributed by atoms with E-state index in [2.05, 4.69) is 0 Å². The molecule has 27 heavy (non-hydrogen) atoms. The number of hydrogen-bond donors (Lipinski definition) is 3. The van der Waals surface area contributed by atoms with E-state index in [1.54, 1.807) is 20.8 Å². The molecule has 9 nitrogen and oxygen atoms in total. The van der Waals surface area contributed by atoms with Crippen LogP contribution >= 0.6 is 0 Å². The fraction of sp³-hybridized carbons (Fsp3) is 0.500. The molecule has 0 aliphatic heterocycles. The molecule has 0 aromatic rings. The number of esters is 3. The van der Waals surface area contributed by atoms with Crippen LogP contribution in [0.5, 0.6) is 0 Å². The summed E-state index contributed by atoms with van der Waals surface area (Å²) in [6, 6.07) is 0. The zero-order chi connectivity index (χ0) is 20.8. The molecule has 0 radical (unpaired) electrons. The third kappa shape index (κ3) is 9.69. The van der Waals surface area contributed by atoms with E-state index in [1.165, 1.54) is 18.2 Å². The van der Waals surface area contributed by atoms with E-state index in [-0.39, 0.29) is 0 Å². The maximum atomic E-state index is 11.8. The van der Waals surface area contributed by atoms with Crippen LogP contribution in [0, 0.1) is 0 Å². The monoisotopic (exact) mass is 386 g/mol. The molecule has 3 N–H and O–H groups in total. The van der Waals surface area contributed by atoms with Crippen LogP contribution in [0.25, 0.3) is 0 Å². The molecule has 0 aromatic heterocycles. The molecule has 0 heterocycles. The van der Waals surface area contributed by atoms with Gasteiger partial charge in [0.2, 0.25) is 0 Å². The number of rotatable bonds is 11. The SMILES string of the molecule is CC=CC(=O)OC[C@H](OC(=O)C=CC)[C@@H](OC(=O)C=CC)[C@H](O)[C@H](O)CO. The first-order valence-corrected chi connectivity index (χ1v) is 8.23. The van der Waals surface area contributed by atoms with Crippen LogP contribution in [-0.4, -0.2) is 70.9 Å². The zero-order valence-electron chi connectivity index (χ0n) is 15.5. The van der Waals surface area contributed by atoms with Crippen molar-refractivity contribution < 1.29 is 43.9 Å². The fourth-order valence-corrected chi connectivity index (χ4v) is 1.87. The summed E-state index contributed by atoms with van der Waals surface area (Å²) in [6.07, 6.45) is 0.878. The molecule has 0 bridgehead atoms. The Bertz CT molecular complexity index is 565. The van der Waals surface area contributed by atoms with Gasteiger partial charge >= 0.3 is 17.9 Å². The van der Waals surface area contributed by atoms with E-state index in [0.29, 0.717) is 0 Å². The molecule has 0 spiro atoms. The second kappa shape index (κ2) is 13.7. The highest BCUT2D eigenvalue weighted by Crippen LogP contribution is 2.15. The Morgan fingerprint density at radius 2 is 1.33 bits per heavy atom. The van der Waals surface area contributed by atoms with Gasteiger partial charge < -0.3 is 29.5 Å². The number of allylic oxidation sites excluding steroid dienone is 3. The van der Waals surface area contributed by atoms with Crippen LogP contribution in [0.3, 0.4) is 0 Å². The highest BCUT2D eigenvalue weighted by atomic mass is 16.6. The maximum Gasteiger partial charge on any atom is 0.330 e. The molecule has 9 heteroatoms. The summed E-state index contributed by atoms with van der Waals surface area (Å²) < 4.78 is 15.1. The first-order valence-electron chi connectivity index (χ1n) is 8.23. The lowest BCUT2D eigenvalue weighted by atomic mass is 10.0. The molecule has 0 rings (SSSR count). The molecule has 152 valence electrons. The quantitative estimate of drug-likeness (QED) is 0.250. The van der Waals surface area contributed by atoms with Gasteiger partial charge in [0.25, 0.3) is 0 Å². The Morgan fingerprint density at radius 3 is 1.81 bits per heavy atom. The van der Waals surface area contributed by atoms with Crippen molar-refractivity contribution in [3.05, 3.63) is 36.5 Å². The van der Waals surface area contributed by atoms with Crippen molar-refractivity contribution in [2.75, 3.05) is 13.2 Å². The largest absolute Gasteiger partial charge is 0.458 e. The van der Waals surface area contributed by atoms with E-state index in [0.717, 1.165) is 18.2 Å². The van der Waals surface area contributed by atoms with Crippen molar-refractivity contribution >= 4 is 17.9 Å². The molecular formula is C18H26O9. The summed E-state index contributed by atoms with van der Waals surface area (Å²) in [6.45, 7) is 3.31. The second-order valence-corrected chi connectivity index (χ2v) is 5.25. The van der Waals surface area contributed by atoms with E-state index in [4.69, 9.17) is 19.3 Å². The third-order valence-electron chi connectivity index (χ3n) is 3.10. The van der Waals surface area contributed by atoms with Crippen LogP contribution < -0.4 is 0 Å². The van der Waals surface area contributed by atoms with Crippen LogP contribution in [0.1, 0.15) is 20.8 Å². The van der Waals surface area contributed by atoms with E-state index < -0.39 is 55.5 Å². The van der Waals surface area contributed by atoms with Gasteiger partial charge in [-0.15, -0.1) is 0 Å². The van der Waals surface area contributed by atoms with Crippen molar-refractivity contribution in [1.29, 1.82) is 0 Å². The number of carbonyl (C=O) groups excluding carboxylic acids is 3. The minimum Gasteiger partial charge on any atom is -0.458 e. The first kappa shape index (κ1) is 24.5. The summed E-state index contributed by atoms with van der Waals surface area (Å²) >= 11 is 0. The number of aliphatic hydroxyl groups is 3. The lowest BCUT2D eigenvalue weighted by Gasteiger charge is -2.31. The molecule has 0 aromatic carbocycles.